The first kappa shape index (κ1) is 38.5. The maximum Gasteiger partial charge on any atom is 0.409 e. The fourth-order valence-electron chi connectivity index (χ4n) is 9.38. The average molecular weight is 804 g/mol. The van der Waals surface area contributed by atoms with E-state index in [1.54, 1.807) is 30.3 Å². The molecule has 1 aromatic heterocycles. The van der Waals surface area contributed by atoms with Crippen molar-refractivity contribution >= 4 is 45.1 Å². The van der Waals surface area contributed by atoms with Crippen LogP contribution in [0.25, 0.3) is 0 Å². The van der Waals surface area contributed by atoms with Gasteiger partial charge < -0.3 is 28.6 Å². The second kappa shape index (κ2) is 15.5. The number of anilines is 1. The largest absolute Gasteiger partial charge is 0.490 e. The molecule has 56 heavy (non-hydrogen) atoms. The molecular formula is C42H50ClN5O7S. The van der Waals surface area contributed by atoms with E-state index in [-0.39, 0.29) is 40.9 Å². The van der Waals surface area contributed by atoms with Crippen LogP contribution >= 0.6 is 11.6 Å². The number of aryl methyl sites for hydroxylation is 1. The Kier molecular flexibility index (Phi) is 10.7. The van der Waals surface area contributed by atoms with Gasteiger partial charge in [-0.25, -0.2) is 9.00 Å². The number of aromatic nitrogens is 1. The highest BCUT2D eigenvalue weighted by atomic mass is 35.5. The van der Waals surface area contributed by atoms with Crippen molar-refractivity contribution in [3.05, 3.63) is 93.8 Å². The van der Waals surface area contributed by atoms with E-state index in [9.17, 15) is 18.6 Å². The Labute approximate surface area is 333 Å². The number of carbonyl (C=O) groups is 3. The lowest BCUT2D eigenvalue weighted by atomic mass is 9.68. The Morgan fingerprint density at radius 1 is 1.11 bits per heavy atom. The summed E-state index contributed by atoms with van der Waals surface area (Å²) < 4.78 is 41.3. The summed E-state index contributed by atoms with van der Waals surface area (Å²) in [6, 6.07) is 13.2. The number of allylic oxidation sites excluding steroid dienone is 1. The van der Waals surface area contributed by atoms with Crippen LogP contribution in [0.1, 0.15) is 76.6 Å². The number of nitrogens with one attached hydrogen (secondary N) is 1. The molecule has 2 bridgehead atoms. The Balaban J connectivity index is 1.15. The third-order valence-electron chi connectivity index (χ3n) is 12.4. The third-order valence-corrected chi connectivity index (χ3v) is 14.6. The minimum atomic E-state index is -3.61. The first-order chi connectivity index (χ1) is 27.0. The number of rotatable bonds is 3. The standard InChI is InChI=1S/C42H50ClN5O7S/c1-27-6-4-8-37(53-2)34-12-9-30(34)21-48-25-42(15-5-7-28-18-32(43)11-13-35(28)42)26-55-38-14-10-29(20-36(38)48)39(49)44-56(52,24-27)45-40(50)31-19-33-23-47(41(51)54-3)17-16-46(33)22-31/h4,8,10-11,13-14,18-20,22,27,30,34,37H,5-7,9,12,15-17,21,23-26H2,1-3H3,(H,44,45,49,50,52)/b8-4+/t27-,30-,34+,37-,42-,56?/m0/s1. The summed E-state index contributed by atoms with van der Waals surface area (Å²) in [6.07, 6.45) is 11.0. The van der Waals surface area contributed by atoms with Crippen molar-refractivity contribution in [3.8, 4) is 5.75 Å². The summed E-state index contributed by atoms with van der Waals surface area (Å²) >= 11 is 6.47. The monoisotopic (exact) mass is 803 g/mol. The molecule has 6 atom stereocenters. The van der Waals surface area contributed by atoms with E-state index in [2.05, 4.69) is 38.3 Å². The zero-order valence-electron chi connectivity index (χ0n) is 32.2. The van der Waals surface area contributed by atoms with Crippen molar-refractivity contribution in [2.75, 3.05) is 51.1 Å². The fraction of sp³-hybridized carbons (Fsp3) is 0.500. The molecule has 3 aromatic rings. The average Bonchev–Trinajstić information content (AvgIpc) is 3.54. The zero-order chi connectivity index (χ0) is 39.2. The molecule has 14 heteroatoms. The summed E-state index contributed by atoms with van der Waals surface area (Å²) in [5, 5.41) is 0.730. The Bertz CT molecular complexity index is 2200. The van der Waals surface area contributed by atoms with E-state index in [4.69, 9.17) is 25.8 Å². The van der Waals surface area contributed by atoms with Crippen LogP contribution in [0.2, 0.25) is 5.02 Å². The number of nitrogens with zero attached hydrogens (tertiary/aromatic N) is 4. The maximum atomic E-state index is 14.8. The molecule has 3 amide bonds. The summed E-state index contributed by atoms with van der Waals surface area (Å²) in [4.78, 5) is 44.1. The van der Waals surface area contributed by atoms with E-state index in [1.807, 2.05) is 29.7 Å². The molecule has 1 spiro atoms. The normalized spacial score (nSPS) is 29.3. The SMILES string of the molecule is COC(=O)N1CCn2cc(C(=O)NS3(=O)=NC(=O)c4ccc5c(c4)N(C[C@@H]4CC[C@H]4[C@@H](OC)/C=C/C[C@H](C)C3)C[C@@]3(CCCc4cc(Cl)ccc43)CO5)cc2C1. The smallest absolute Gasteiger partial charge is 0.409 e. The minimum absolute atomic E-state index is 0.0334. The van der Waals surface area contributed by atoms with E-state index in [0.717, 1.165) is 55.1 Å². The van der Waals surface area contributed by atoms with Crippen LogP contribution in [0, 0.1) is 17.8 Å². The number of ether oxygens (including phenoxy) is 3. The van der Waals surface area contributed by atoms with Gasteiger partial charge in [-0.15, -0.1) is 4.36 Å². The number of amides is 3. The quantitative estimate of drug-likeness (QED) is 0.287. The van der Waals surface area contributed by atoms with Crippen molar-refractivity contribution in [1.82, 2.24) is 14.2 Å². The molecule has 1 N–H and O–H groups in total. The molecule has 1 unspecified atom stereocenters. The van der Waals surface area contributed by atoms with Gasteiger partial charge in [0, 0.05) is 61.2 Å². The third kappa shape index (κ3) is 7.57. The summed E-state index contributed by atoms with van der Waals surface area (Å²) in [6.45, 7) is 5.06. The molecular weight excluding hydrogens is 754 g/mol. The van der Waals surface area contributed by atoms with Gasteiger partial charge in [-0.3, -0.25) is 14.3 Å². The van der Waals surface area contributed by atoms with Crippen molar-refractivity contribution in [3.63, 3.8) is 0 Å². The van der Waals surface area contributed by atoms with Gasteiger partial charge in [0.2, 0.25) is 0 Å². The number of benzene rings is 2. The van der Waals surface area contributed by atoms with E-state index < -0.39 is 27.8 Å². The lowest BCUT2D eigenvalue weighted by molar-refractivity contribution is 0.0131. The molecule has 3 aliphatic heterocycles. The predicted octanol–water partition coefficient (Wildman–Crippen LogP) is 6.79. The number of fused-ring (bicyclic) bond motifs is 5. The van der Waals surface area contributed by atoms with Crippen LogP contribution in [-0.2, 0) is 44.3 Å². The second-order valence-corrected chi connectivity index (χ2v) is 18.6. The number of methoxy groups -OCH3 is 2. The Morgan fingerprint density at radius 2 is 1.96 bits per heavy atom. The molecule has 298 valence electrons. The molecule has 1 fully saturated rings. The Morgan fingerprint density at radius 3 is 2.75 bits per heavy atom. The van der Waals surface area contributed by atoms with Gasteiger partial charge in [0.05, 0.1) is 43.4 Å². The number of hydrogen-bond donors (Lipinski definition) is 1. The van der Waals surface area contributed by atoms with Gasteiger partial charge in [-0.05, 0) is 104 Å². The Hall–Kier alpha value is -4.33. The van der Waals surface area contributed by atoms with Crippen molar-refractivity contribution < 1.29 is 32.8 Å². The minimum Gasteiger partial charge on any atom is -0.490 e. The van der Waals surface area contributed by atoms with Crippen molar-refractivity contribution in [2.45, 2.75) is 70.1 Å². The van der Waals surface area contributed by atoms with E-state index in [1.165, 1.54) is 18.2 Å². The first-order valence-corrected chi connectivity index (χ1v) is 21.7. The zero-order valence-corrected chi connectivity index (χ0v) is 33.8. The molecule has 0 saturated heterocycles. The van der Waals surface area contributed by atoms with Gasteiger partial charge in [0.1, 0.15) is 15.7 Å². The van der Waals surface area contributed by atoms with Crippen LogP contribution < -0.4 is 14.4 Å². The molecule has 2 aliphatic carbocycles. The number of halogens is 1. The molecule has 5 aliphatic rings. The van der Waals surface area contributed by atoms with Crippen LogP contribution in [-0.4, -0.2) is 83.9 Å². The first-order valence-electron chi connectivity index (χ1n) is 19.6. The number of carbonyl (C=O) groups excluding carboxylic acids is 3. The summed E-state index contributed by atoms with van der Waals surface area (Å²) in [7, 11) is -0.520. The highest BCUT2D eigenvalue weighted by Crippen LogP contribution is 2.47. The summed E-state index contributed by atoms with van der Waals surface area (Å²) in [5.41, 5.74) is 4.32. The van der Waals surface area contributed by atoms with Crippen molar-refractivity contribution in [2.24, 2.45) is 22.1 Å². The van der Waals surface area contributed by atoms with E-state index in [0.29, 0.717) is 50.2 Å². The van der Waals surface area contributed by atoms with Crippen LogP contribution in [0.4, 0.5) is 10.5 Å². The molecule has 12 nitrogen and oxygen atoms in total. The van der Waals surface area contributed by atoms with Gasteiger partial charge in [-0.2, -0.15) is 0 Å². The molecule has 4 heterocycles. The van der Waals surface area contributed by atoms with Crippen LogP contribution in [0.5, 0.6) is 5.75 Å². The highest BCUT2D eigenvalue weighted by Gasteiger charge is 2.44. The summed E-state index contributed by atoms with van der Waals surface area (Å²) in [5.74, 6) is -0.124. The number of hydrogen-bond acceptors (Lipinski definition) is 8. The lowest BCUT2D eigenvalue weighted by Gasteiger charge is -2.46. The molecule has 8 rings (SSSR count). The van der Waals surface area contributed by atoms with Gasteiger partial charge in [-0.1, -0.05) is 36.7 Å². The molecule has 1 saturated carbocycles. The second-order valence-electron chi connectivity index (χ2n) is 16.2. The maximum absolute atomic E-state index is 14.8. The van der Waals surface area contributed by atoms with Gasteiger partial charge in [0.15, 0.2) is 0 Å². The van der Waals surface area contributed by atoms with Crippen LogP contribution in [0.3, 0.4) is 0 Å². The lowest BCUT2D eigenvalue weighted by Crippen LogP contribution is -2.49. The van der Waals surface area contributed by atoms with E-state index >= 15 is 0 Å². The van der Waals surface area contributed by atoms with Gasteiger partial charge >= 0.3 is 6.09 Å². The predicted molar refractivity (Wildman–Crippen MR) is 215 cm³/mol. The molecule has 0 radical (unpaired) electrons. The van der Waals surface area contributed by atoms with Crippen LogP contribution in [0.15, 0.2) is 65.2 Å². The highest BCUT2D eigenvalue weighted by molar-refractivity contribution is 7.92. The van der Waals surface area contributed by atoms with Gasteiger partial charge in [0.25, 0.3) is 11.8 Å². The topological polar surface area (TPSA) is 132 Å². The fourth-order valence-corrected chi connectivity index (χ4v) is 11.5. The molecule has 2 aromatic carbocycles. The van der Waals surface area contributed by atoms with Crippen molar-refractivity contribution in [1.29, 1.82) is 0 Å².